The average molecular weight is 159 g/mol. The molecule has 10 heavy (non-hydrogen) atoms. The predicted octanol–water partition coefficient (Wildman–Crippen LogP) is 0.325. The van der Waals surface area contributed by atoms with Gasteiger partial charge in [-0.05, 0) is 0 Å². The van der Waals surface area contributed by atoms with E-state index >= 15 is 0 Å². The Hall–Kier alpha value is -0.880. The standard InChI is InChI=1S/C4H5N3O2S/c8-3-1-10-4-5-7(9)2-6(3)4/h1,8-9H,2H2. The summed E-state index contributed by atoms with van der Waals surface area (Å²) >= 11 is 1.29. The highest BCUT2D eigenvalue weighted by Gasteiger charge is 2.29. The molecule has 5 nitrogen and oxygen atoms in total. The number of hydroxylamine groups is 1. The molecule has 54 valence electrons. The molecule has 0 atom stereocenters. The number of thioether (sulfide) groups is 1. The molecule has 0 fully saturated rings. The summed E-state index contributed by atoms with van der Waals surface area (Å²) in [6.07, 6.45) is 0. The molecule has 0 radical (unpaired) electrons. The van der Waals surface area contributed by atoms with E-state index in [1.165, 1.54) is 16.7 Å². The van der Waals surface area contributed by atoms with Gasteiger partial charge in [0, 0.05) is 5.41 Å². The molecule has 0 saturated heterocycles. The van der Waals surface area contributed by atoms with E-state index in [1.54, 1.807) is 5.41 Å². The smallest absolute Gasteiger partial charge is 0.201 e. The summed E-state index contributed by atoms with van der Waals surface area (Å²) in [5.74, 6) is 0.139. The summed E-state index contributed by atoms with van der Waals surface area (Å²) in [4.78, 5) is 1.50. The molecule has 2 rings (SSSR count). The molecule has 0 bridgehead atoms. The fraction of sp³-hybridized carbons (Fsp3) is 0.250. The van der Waals surface area contributed by atoms with Crippen molar-refractivity contribution in [2.24, 2.45) is 5.10 Å². The van der Waals surface area contributed by atoms with Gasteiger partial charge in [0.05, 0.1) is 0 Å². The Morgan fingerprint density at radius 1 is 1.70 bits per heavy atom. The summed E-state index contributed by atoms with van der Waals surface area (Å²) in [5.41, 5.74) is 0. The number of amidine groups is 1. The second-order valence-electron chi connectivity index (χ2n) is 1.92. The first-order valence-corrected chi connectivity index (χ1v) is 3.54. The topological polar surface area (TPSA) is 59.3 Å². The van der Waals surface area contributed by atoms with E-state index in [9.17, 15) is 0 Å². The normalized spacial score (nSPS) is 22.9. The Morgan fingerprint density at radius 3 is 3.20 bits per heavy atom. The Kier molecular flexibility index (Phi) is 1.06. The number of hydrogen-bond acceptors (Lipinski definition) is 6. The molecule has 0 unspecified atom stereocenters. The Balaban J connectivity index is 2.25. The van der Waals surface area contributed by atoms with Crippen LogP contribution in [0, 0.1) is 0 Å². The zero-order chi connectivity index (χ0) is 7.14. The number of nitrogens with zero attached hydrogens (tertiary/aromatic N) is 3. The van der Waals surface area contributed by atoms with E-state index in [-0.39, 0.29) is 12.6 Å². The van der Waals surface area contributed by atoms with Crippen LogP contribution >= 0.6 is 11.8 Å². The molecule has 0 amide bonds. The molecule has 2 heterocycles. The lowest BCUT2D eigenvalue weighted by atomic mass is 10.7. The van der Waals surface area contributed by atoms with Crippen LogP contribution in [-0.4, -0.2) is 32.2 Å². The number of aliphatic hydroxyl groups is 1. The minimum absolute atomic E-state index is 0.139. The number of rotatable bonds is 0. The van der Waals surface area contributed by atoms with Crippen LogP contribution < -0.4 is 0 Å². The third-order valence-corrected chi connectivity index (χ3v) is 2.09. The molecule has 0 aliphatic carbocycles. The maximum Gasteiger partial charge on any atom is 0.201 e. The lowest BCUT2D eigenvalue weighted by molar-refractivity contribution is -0.0973. The lowest BCUT2D eigenvalue weighted by Crippen LogP contribution is -2.24. The second kappa shape index (κ2) is 1.80. The van der Waals surface area contributed by atoms with Crippen molar-refractivity contribution in [3.8, 4) is 0 Å². The van der Waals surface area contributed by atoms with Gasteiger partial charge < -0.3 is 5.11 Å². The predicted molar refractivity (Wildman–Crippen MR) is 36.1 cm³/mol. The number of hydrazone groups is 1. The van der Waals surface area contributed by atoms with Gasteiger partial charge in [-0.2, -0.15) is 5.17 Å². The van der Waals surface area contributed by atoms with Gasteiger partial charge in [-0.15, -0.1) is 5.10 Å². The van der Waals surface area contributed by atoms with Gasteiger partial charge in [0.25, 0.3) is 0 Å². The average Bonchev–Trinajstić information content (AvgIpc) is 2.35. The summed E-state index contributed by atoms with van der Waals surface area (Å²) in [6, 6.07) is 0. The summed E-state index contributed by atoms with van der Waals surface area (Å²) in [5, 5.41) is 24.5. The van der Waals surface area contributed by atoms with Crippen molar-refractivity contribution in [2.75, 3.05) is 6.67 Å². The Bertz CT molecular complexity index is 227. The van der Waals surface area contributed by atoms with Crippen molar-refractivity contribution in [1.29, 1.82) is 0 Å². The van der Waals surface area contributed by atoms with Crippen molar-refractivity contribution in [3.05, 3.63) is 11.3 Å². The van der Waals surface area contributed by atoms with Gasteiger partial charge in [0.1, 0.15) is 6.67 Å². The molecule has 0 aromatic heterocycles. The molecular weight excluding hydrogens is 154 g/mol. The van der Waals surface area contributed by atoms with E-state index in [4.69, 9.17) is 10.3 Å². The molecule has 0 aromatic carbocycles. The highest BCUT2D eigenvalue weighted by molar-refractivity contribution is 8.16. The molecular formula is C4H5N3O2S. The summed E-state index contributed by atoms with van der Waals surface area (Å²) < 4.78 is 0. The van der Waals surface area contributed by atoms with E-state index in [0.717, 1.165) is 5.17 Å². The SMILES string of the molecule is OC1=CSC2=NN(O)CN12. The van der Waals surface area contributed by atoms with Gasteiger partial charge in [0.2, 0.25) is 5.88 Å². The molecule has 0 aromatic rings. The first-order chi connectivity index (χ1) is 4.77. The summed E-state index contributed by atoms with van der Waals surface area (Å²) in [6.45, 7) is 0.213. The van der Waals surface area contributed by atoms with E-state index in [1.807, 2.05) is 0 Å². The number of aliphatic hydroxyl groups excluding tert-OH is 1. The molecule has 6 heteroatoms. The summed E-state index contributed by atoms with van der Waals surface area (Å²) in [7, 11) is 0. The maximum absolute atomic E-state index is 9.06. The van der Waals surface area contributed by atoms with E-state index in [0.29, 0.717) is 5.17 Å². The van der Waals surface area contributed by atoms with Gasteiger partial charge in [-0.3, -0.25) is 10.1 Å². The van der Waals surface area contributed by atoms with Gasteiger partial charge >= 0.3 is 0 Å². The molecule has 0 spiro atoms. The van der Waals surface area contributed by atoms with Crippen LogP contribution in [-0.2, 0) is 0 Å². The highest BCUT2D eigenvalue weighted by Crippen LogP contribution is 2.27. The largest absolute Gasteiger partial charge is 0.494 e. The highest BCUT2D eigenvalue weighted by atomic mass is 32.2. The molecule has 2 N–H and O–H groups in total. The molecule has 0 saturated carbocycles. The second-order valence-corrected chi connectivity index (χ2v) is 2.75. The number of hydrogen-bond donors (Lipinski definition) is 2. The quantitative estimate of drug-likeness (QED) is 0.533. The van der Waals surface area contributed by atoms with Crippen LogP contribution in [0.3, 0.4) is 0 Å². The first kappa shape index (κ1) is 5.87. The zero-order valence-electron chi connectivity index (χ0n) is 4.93. The zero-order valence-corrected chi connectivity index (χ0v) is 5.75. The van der Waals surface area contributed by atoms with Crippen molar-refractivity contribution < 1.29 is 10.3 Å². The van der Waals surface area contributed by atoms with Crippen LogP contribution in [0.15, 0.2) is 16.4 Å². The van der Waals surface area contributed by atoms with Gasteiger partial charge in [-0.25, -0.2) is 0 Å². The third kappa shape index (κ3) is 0.659. The third-order valence-electron chi connectivity index (χ3n) is 1.25. The van der Waals surface area contributed by atoms with Crippen molar-refractivity contribution in [2.45, 2.75) is 0 Å². The first-order valence-electron chi connectivity index (χ1n) is 2.66. The maximum atomic E-state index is 9.06. The van der Waals surface area contributed by atoms with Crippen molar-refractivity contribution in [1.82, 2.24) is 10.1 Å². The van der Waals surface area contributed by atoms with Crippen LogP contribution in [0.25, 0.3) is 0 Å². The minimum Gasteiger partial charge on any atom is -0.494 e. The van der Waals surface area contributed by atoms with E-state index < -0.39 is 0 Å². The van der Waals surface area contributed by atoms with Crippen LogP contribution in [0.1, 0.15) is 0 Å². The van der Waals surface area contributed by atoms with E-state index in [2.05, 4.69) is 5.10 Å². The van der Waals surface area contributed by atoms with Crippen LogP contribution in [0.2, 0.25) is 0 Å². The van der Waals surface area contributed by atoms with Crippen LogP contribution in [0.4, 0.5) is 0 Å². The van der Waals surface area contributed by atoms with Crippen LogP contribution in [0.5, 0.6) is 0 Å². The minimum atomic E-state index is 0.139. The van der Waals surface area contributed by atoms with Crippen molar-refractivity contribution in [3.63, 3.8) is 0 Å². The lowest BCUT2D eigenvalue weighted by Gasteiger charge is -2.10. The fourth-order valence-electron chi connectivity index (χ4n) is 0.798. The molecule has 2 aliphatic heterocycles. The Labute approximate surface area is 61.2 Å². The van der Waals surface area contributed by atoms with Gasteiger partial charge in [-0.1, -0.05) is 11.8 Å². The Morgan fingerprint density at radius 2 is 2.50 bits per heavy atom. The van der Waals surface area contributed by atoms with Crippen molar-refractivity contribution >= 4 is 16.9 Å². The molecule has 2 aliphatic rings. The number of fused-ring (bicyclic) bond motifs is 1. The van der Waals surface area contributed by atoms with Gasteiger partial charge in [0.15, 0.2) is 5.17 Å². The monoisotopic (exact) mass is 159 g/mol. The fourth-order valence-corrected chi connectivity index (χ4v) is 1.56.